The van der Waals surface area contributed by atoms with Crippen LogP contribution in [0.1, 0.15) is 30.9 Å². The summed E-state index contributed by atoms with van der Waals surface area (Å²) in [6, 6.07) is 7.88. The summed E-state index contributed by atoms with van der Waals surface area (Å²) in [4.78, 5) is 2.42. The maximum absolute atomic E-state index is 9.59. The number of nitrogen functional groups attached to an aromatic ring is 1. The zero-order valence-corrected chi connectivity index (χ0v) is 11.5. The van der Waals surface area contributed by atoms with Crippen molar-refractivity contribution >= 4 is 5.84 Å². The number of nitrogens with two attached hydrogens (primary N) is 1. The van der Waals surface area contributed by atoms with Crippen LogP contribution in [0.4, 0.5) is 0 Å². The van der Waals surface area contributed by atoms with Gasteiger partial charge >= 0.3 is 0 Å². The van der Waals surface area contributed by atoms with Gasteiger partial charge in [0.2, 0.25) is 0 Å². The van der Waals surface area contributed by atoms with Crippen LogP contribution in [-0.4, -0.2) is 35.0 Å². The van der Waals surface area contributed by atoms with E-state index in [4.69, 9.17) is 11.1 Å². The predicted octanol–water partition coefficient (Wildman–Crippen LogP) is 1.56. The smallest absolute Gasteiger partial charge is 0.122 e. The second-order valence-corrected chi connectivity index (χ2v) is 5.46. The fourth-order valence-corrected chi connectivity index (χ4v) is 2.64. The Hall–Kier alpha value is -1.39. The number of nitrogens with zero attached hydrogens (tertiary/aromatic N) is 1. The molecule has 1 aromatic rings. The summed E-state index contributed by atoms with van der Waals surface area (Å²) in [5.41, 5.74) is 7.47. The zero-order valence-electron chi connectivity index (χ0n) is 11.5. The van der Waals surface area contributed by atoms with Crippen LogP contribution < -0.4 is 5.73 Å². The molecule has 4 heteroatoms. The van der Waals surface area contributed by atoms with Crippen LogP contribution in [0.2, 0.25) is 0 Å². The Bertz CT molecular complexity index is 420. The first-order chi connectivity index (χ1) is 9.06. The fourth-order valence-electron chi connectivity index (χ4n) is 2.64. The van der Waals surface area contributed by atoms with Gasteiger partial charge in [-0.2, -0.15) is 0 Å². The summed E-state index contributed by atoms with van der Waals surface area (Å²) in [6.45, 7) is 4.92. The van der Waals surface area contributed by atoms with Crippen LogP contribution in [0.3, 0.4) is 0 Å². The SMILES string of the molecule is CC(O)C1CCN(Cc2ccc(C(=N)N)cc2)CC1. The highest BCUT2D eigenvalue weighted by Crippen LogP contribution is 2.21. The third-order valence-electron chi connectivity index (χ3n) is 3.99. The lowest BCUT2D eigenvalue weighted by Gasteiger charge is -2.33. The molecule has 1 aliphatic heterocycles. The van der Waals surface area contributed by atoms with E-state index < -0.39 is 0 Å². The standard InChI is InChI=1S/C15H23N3O/c1-11(19)13-6-8-18(9-7-13)10-12-2-4-14(5-3-12)15(16)17/h2-5,11,13,19H,6-10H2,1H3,(H3,16,17). The number of amidine groups is 1. The van der Waals surface area contributed by atoms with Crippen molar-refractivity contribution in [1.29, 1.82) is 5.41 Å². The highest BCUT2D eigenvalue weighted by Gasteiger charge is 2.22. The number of rotatable bonds is 4. The Morgan fingerprint density at radius 3 is 2.42 bits per heavy atom. The predicted molar refractivity (Wildman–Crippen MR) is 77.1 cm³/mol. The van der Waals surface area contributed by atoms with Crippen LogP contribution in [0.15, 0.2) is 24.3 Å². The third-order valence-corrected chi connectivity index (χ3v) is 3.99. The minimum absolute atomic E-state index is 0.115. The summed E-state index contributed by atoms with van der Waals surface area (Å²) in [6.07, 6.45) is 1.96. The topological polar surface area (TPSA) is 73.3 Å². The van der Waals surface area contributed by atoms with E-state index in [-0.39, 0.29) is 11.9 Å². The summed E-state index contributed by atoms with van der Waals surface area (Å²) in [5, 5.41) is 16.9. The van der Waals surface area contributed by atoms with Crippen molar-refractivity contribution in [2.24, 2.45) is 11.7 Å². The molecule has 1 aromatic carbocycles. The summed E-state index contributed by atoms with van der Waals surface area (Å²) in [7, 11) is 0. The molecule has 1 heterocycles. The number of aliphatic hydroxyl groups is 1. The van der Waals surface area contributed by atoms with Gasteiger partial charge in [-0.05, 0) is 44.3 Å². The highest BCUT2D eigenvalue weighted by molar-refractivity contribution is 5.94. The molecule has 104 valence electrons. The molecule has 1 atom stereocenters. The van der Waals surface area contributed by atoms with E-state index in [9.17, 15) is 5.11 Å². The molecule has 4 N–H and O–H groups in total. The van der Waals surface area contributed by atoms with E-state index in [1.807, 2.05) is 31.2 Å². The molecular formula is C15H23N3O. The van der Waals surface area contributed by atoms with Gasteiger partial charge in [-0.25, -0.2) is 0 Å². The number of hydrogen-bond donors (Lipinski definition) is 3. The van der Waals surface area contributed by atoms with Gasteiger partial charge in [-0.3, -0.25) is 10.3 Å². The van der Waals surface area contributed by atoms with Crippen LogP contribution in [0.25, 0.3) is 0 Å². The van der Waals surface area contributed by atoms with Gasteiger partial charge < -0.3 is 10.8 Å². The van der Waals surface area contributed by atoms with Gasteiger partial charge in [-0.15, -0.1) is 0 Å². The molecule has 0 saturated carbocycles. The van der Waals surface area contributed by atoms with E-state index in [0.717, 1.165) is 38.0 Å². The molecule has 4 nitrogen and oxygen atoms in total. The minimum atomic E-state index is -0.183. The second-order valence-electron chi connectivity index (χ2n) is 5.46. The Kier molecular flexibility index (Phi) is 4.56. The Morgan fingerprint density at radius 2 is 1.95 bits per heavy atom. The van der Waals surface area contributed by atoms with Crippen molar-refractivity contribution in [3.63, 3.8) is 0 Å². The molecule has 0 spiro atoms. The van der Waals surface area contributed by atoms with Crippen LogP contribution >= 0.6 is 0 Å². The Morgan fingerprint density at radius 1 is 1.37 bits per heavy atom. The molecule has 0 aromatic heterocycles. The summed E-state index contributed by atoms with van der Waals surface area (Å²) in [5.74, 6) is 0.570. The van der Waals surface area contributed by atoms with Crippen molar-refractivity contribution in [3.05, 3.63) is 35.4 Å². The van der Waals surface area contributed by atoms with Crippen LogP contribution in [-0.2, 0) is 6.54 Å². The average molecular weight is 261 g/mol. The first kappa shape index (κ1) is 14.0. The van der Waals surface area contributed by atoms with Gasteiger partial charge in [0.25, 0.3) is 0 Å². The van der Waals surface area contributed by atoms with Crippen molar-refractivity contribution < 1.29 is 5.11 Å². The summed E-state index contributed by atoms with van der Waals surface area (Å²) >= 11 is 0. The lowest BCUT2D eigenvalue weighted by Crippen LogP contribution is -2.36. The third kappa shape index (κ3) is 3.78. The number of benzene rings is 1. The lowest BCUT2D eigenvalue weighted by molar-refractivity contribution is 0.0695. The monoisotopic (exact) mass is 261 g/mol. The van der Waals surface area contributed by atoms with Gasteiger partial charge in [0, 0.05) is 12.1 Å². The fraction of sp³-hybridized carbons (Fsp3) is 0.533. The molecular weight excluding hydrogens is 238 g/mol. The lowest BCUT2D eigenvalue weighted by atomic mass is 9.92. The average Bonchev–Trinajstić information content (AvgIpc) is 2.40. The number of likely N-dealkylation sites (tertiary alicyclic amines) is 1. The molecule has 0 radical (unpaired) electrons. The van der Waals surface area contributed by atoms with Crippen LogP contribution in [0, 0.1) is 11.3 Å². The normalized spacial score (nSPS) is 19.3. The van der Waals surface area contributed by atoms with E-state index in [1.54, 1.807) is 0 Å². The minimum Gasteiger partial charge on any atom is -0.393 e. The molecule has 2 rings (SSSR count). The largest absolute Gasteiger partial charge is 0.393 e. The first-order valence-corrected chi connectivity index (χ1v) is 6.90. The number of nitrogens with one attached hydrogen (secondary N) is 1. The van der Waals surface area contributed by atoms with Gasteiger partial charge in [0.05, 0.1) is 6.10 Å². The van der Waals surface area contributed by atoms with E-state index in [1.165, 1.54) is 5.56 Å². The number of aliphatic hydroxyl groups excluding tert-OH is 1. The Labute approximate surface area is 114 Å². The summed E-state index contributed by atoms with van der Waals surface area (Å²) < 4.78 is 0. The molecule has 1 unspecified atom stereocenters. The molecule has 0 amide bonds. The van der Waals surface area contributed by atoms with Crippen molar-refractivity contribution in [2.45, 2.75) is 32.4 Å². The maximum Gasteiger partial charge on any atom is 0.122 e. The van der Waals surface area contributed by atoms with E-state index in [2.05, 4.69) is 4.90 Å². The molecule has 1 saturated heterocycles. The van der Waals surface area contributed by atoms with E-state index >= 15 is 0 Å². The van der Waals surface area contributed by atoms with Gasteiger partial charge in [0.15, 0.2) is 0 Å². The first-order valence-electron chi connectivity index (χ1n) is 6.90. The van der Waals surface area contributed by atoms with Crippen molar-refractivity contribution in [3.8, 4) is 0 Å². The van der Waals surface area contributed by atoms with Crippen LogP contribution in [0.5, 0.6) is 0 Å². The van der Waals surface area contributed by atoms with Gasteiger partial charge in [0.1, 0.15) is 5.84 Å². The number of piperidine rings is 1. The Balaban J connectivity index is 1.87. The van der Waals surface area contributed by atoms with Crippen molar-refractivity contribution in [2.75, 3.05) is 13.1 Å². The van der Waals surface area contributed by atoms with E-state index in [0.29, 0.717) is 5.92 Å². The van der Waals surface area contributed by atoms with Crippen molar-refractivity contribution in [1.82, 2.24) is 4.90 Å². The zero-order chi connectivity index (χ0) is 13.8. The maximum atomic E-state index is 9.59. The van der Waals surface area contributed by atoms with Gasteiger partial charge in [-0.1, -0.05) is 24.3 Å². The number of hydrogen-bond acceptors (Lipinski definition) is 3. The molecule has 1 aliphatic rings. The quantitative estimate of drug-likeness (QED) is 0.569. The molecule has 0 bridgehead atoms. The molecule has 0 aliphatic carbocycles. The molecule has 19 heavy (non-hydrogen) atoms. The highest BCUT2D eigenvalue weighted by atomic mass is 16.3. The second kappa shape index (κ2) is 6.17. The molecule has 1 fully saturated rings.